The number of hydrogen-bond acceptors (Lipinski definition) is 3. The number of aromatic nitrogens is 1. The van der Waals surface area contributed by atoms with Crippen LogP contribution in [0.1, 0.15) is 10.5 Å². The van der Waals surface area contributed by atoms with Crippen LogP contribution in [-0.2, 0) is 7.05 Å². The summed E-state index contributed by atoms with van der Waals surface area (Å²) < 4.78 is 12.9. The highest BCUT2D eigenvalue weighted by Crippen LogP contribution is 2.36. The van der Waals surface area contributed by atoms with Crippen LogP contribution in [-0.4, -0.2) is 24.7 Å². The van der Waals surface area contributed by atoms with Crippen LogP contribution in [0.4, 0.5) is 5.69 Å². The molecule has 0 fully saturated rings. The molecule has 7 heteroatoms. The van der Waals surface area contributed by atoms with Gasteiger partial charge in [-0.2, -0.15) is 0 Å². The van der Waals surface area contributed by atoms with Crippen LogP contribution in [0, 0.1) is 0 Å². The summed E-state index contributed by atoms with van der Waals surface area (Å²) in [6, 6.07) is 4.95. The molecule has 2 rings (SSSR count). The van der Waals surface area contributed by atoms with E-state index in [0.717, 1.165) is 4.47 Å². The number of anilines is 1. The van der Waals surface area contributed by atoms with E-state index in [9.17, 15) is 4.79 Å². The zero-order valence-corrected chi connectivity index (χ0v) is 14.1. The molecule has 5 nitrogen and oxygen atoms in total. The van der Waals surface area contributed by atoms with Crippen LogP contribution >= 0.6 is 27.5 Å². The number of nitrogens with zero attached hydrogens (tertiary/aromatic N) is 1. The third-order valence-corrected chi connectivity index (χ3v) is 3.66. The first-order valence-corrected chi connectivity index (χ1v) is 7.18. The minimum absolute atomic E-state index is 0.258. The molecule has 1 N–H and O–H groups in total. The standard InChI is InChI=1S/C14H14BrClN2O3/c1-18-7-8(15)4-11(18)14(19)17-10-6-12(20-2)9(16)5-13(10)21-3/h4-7H,1-3H3,(H,17,19). The lowest BCUT2D eigenvalue weighted by atomic mass is 10.2. The molecule has 0 aliphatic rings. The van der Waals surface area contributed by atoms with Gasteiger partial charge in [-0.15, -0.1) is 0 Å². The van der Waals surface area contributed by atoms with Gasteiger partial charge in [0.05, 0.1) is 24.9 Å². The van der Waals surface area contributed by atoms with Gasteiger partial charge in [-0.25, -0.2) is 0 Å². The fourth-order valence-electron chi connectivity index (χ4n) is 1.89. The van der Waals surface area contributed by atoms with E-state index in [1.165, 1.54) is 14.2 Å². The van der Waals surface area contributed by atoms with E-state index in [1.54, 1.807) is 36.0 Å². The normalized spacial score (nSPS) is 10.3. The van der Waals surface area contributed by atoms with Gasteiger partial charge in [0.15, 0.2) is 0 Å². The Labute approximate surface area is 135 Å². The van der Waals surface area contributed by atoms with Crippen LogP contribution in [0.5, 0.6) is 11.5 Å². The average molecular weight is 374 g/mol. The van der Waals surface area contributed by atoms with Crippen molar-refractivity contribution in [3.05, 3.63) is 39.6 Å². The molecule has 0 unspecified atom stereocenters. The van der Waals surface area contributed by atoms with Crippen LogP contribution in [0.25, 0.3) is 0 Å². The third-order valence-electron chi connectivity index (χ3n) is 2.93. The van der Waals surface area contributed by atoms with E-state index in [1.807, 2.05) is 0 Å². The molecule has 1 aromatic carbocycles. The van der Waals surface area contributed by atoms with Crippen molar-refractivity contribution in [3.63, 3.8) is 0 Å². The zero-order chi connectivity index (χ0) is 15.6. The number of carbonyl (C=O) groups excluding carboxylic acids is 1. The van der Waals surface area contributed by atoms with Gasteiger partial charge in [-0.1, -0.05) is 11.6 Å². The lowest BCUT2D eigenvalue weighted by Gasteiger charge is -2.13. The SMILES string of the molecule is COc1cc(NC(=O)c2cc(Br)cn2C)c(OC)cc1Cl. The summed E-state index contributed by atoms with van der Waals surface area (Å²) in [6.45, 7) is 0. The molecule has 0 aliphatic heterocycles. The van der Waals surface area contributed by atoms with Crippen LogP contribution < -0.4 is 14.8 Å². The van der Waals surface area contributed by atoms with Crippen molar-refractivity contribution >= 4 is 39.1 Å². The van der Waals surface area contributed by atoms with Gasteiger partial charge < -0.3 is 19.4 Å². The molecule has 1 heterocycles. The largest absolute Gasteiger partial charge is 0.495 e. The number of methoxy groups -OCH3 is 2. The predicted octanol–water partition coefficient (Wildman–Crippen LogP) is 3.71. The number of amides is 1. The van der Waals surface area contributed by atoms with Crippen molar-refractivity contribution in [3.8, 4) is 11.5 Å². The molecule has 1 aromatic heterocycles. The summed E-state index contributed by atoms with van der Waals surface area (Å²) in [4.78, 5) is 12.3. The van der Waals surface area contributed by atoms with E-state index < -0.39 is 0 Å². The molecule has 21 heavy (non-hydrogen) atoms. The summed E-state index contributed by atoms with van der Waals surface area (Å²) in [5.41, 5.74) is 0.999. The first-order valence-electron chi connectivity index (χ1n) is 6.01. The van der Waals surface area contributed by atoms with Crippen LogP contribution in [0.15, 0.2) is 28.9 Å². The zero-order valence-electron chi connectivity index (χ0n) is 11.7. The van der Waals surface area contributed by atoms with Gasteiger partial charge in [-0.05, 0) is 22.0 Å². The molecule has 2 aromatic rings. The van der Waals surface area contributed by atoms with E-state index in [2.05, 4.69) is 21.2 Å². The summed E-state index contributed by atoms with van der Waals surface area (Å²) in [7, 11) is 4.81. The van der Waals surface area contributed by atoms with E-state index in [-0.39, 0.29) is 5.91 Å². The lowest BCUT2D eigenvalue weighted by molar-refractivity contribution is 0.101. The average Bonchev–Trinajstić information content (AvgIpc) is 2.79. The molecular weight excluding hydrogens is 360 g/mol. The van der Waals surface area contributed by atoms with Crippen LogP contribution in [0.3, 0.4) is 0 Å². The van der Waals surface area contributed by atoms with Crippen molar-refractivity contribution in [1.29, 1.82) is 0 Å². The first-order chi connectivity index (χ1) is 9.96. The second kappa shape index (κ2) is 6.41. The summed E-state index contributed by atoms with van der Waals surface area (Å²) in [5, 5.41) is 3.20. The molecule has 1 amide bonds. The molecule has 112 valence electrons. The molecule has 0 saturated heterocycles. The number of carbonyl (C=O) groups is 1. The third kappa shape index (κ3) is 3.33. The Morgan fingerprint density at radius 2 is 1.90 bits per heavy atom. The molecule has 0 saturated carbocycles. The van der Waals surface area contributed by atoms with Gasteiger partial charge in [0, 0.05) is 29.8 Å². The molecule has 0 radical (unpaired) electrons. The molecule has 0 spiro atoms. The van der Waals surface area contributed by atoms with Gasteiger partial charge in [0.25, 0.3) is 5.91 Å². The van der Waals surface area contributed by atoms with E-state index in [0.29, 0.717) is 27.9 Å². The number of nitrogens with one attached hydrogen (secondary N) is 1. The Morgan fingerprint density at radius 3 is 2.43 bits per heavy atom. The Morgan fingerprint density at radius 1 is 1.24 bits per heavy atom. The fourth-order valence-corrected chi connectivity index (χ4v) is 2.65. The summed E-state index contributed by atoms with van der Waals surface area (Å²) >= 11 is 9.37. The Bertz CT molecular complexity index is 685. The second-order valence-corrected chi connectivity index (χ2v) is 5.62. The summed E-state index contributed by atoms with van der Waals surface area (Å²) in [6.07, 6.45) is 1.80. The van der Waals surface area contributed by atoms with Gasteiger partial charge >= 0.3 is 0 Å². The lowest BCUT2D eigenvalue weighted by Crippen LogP contribution is -2.16. The van der Waals surface area contributed by atoms with Crippen molar-refractivity contribution in [2.24, 2.45) is 7.05 Å². The predicted molar refractivity (Wildman–Crippen MR) is 85.6 cm³/mol. The second-order valence-electron chi connectivity index (χ2n) is 4.30. The molecule has 0 atom stereocenters. The quantitative estimate of drug-likeness (QED) is 0.889. The van der Waals surface area contributed by atoms with Crippen molar-refractivity contribution < 1.29 is 14.3 Å². The maximum atomic E-state index is 12.3. The van der Waals surface area contributed by atoms with Crippen molar-refractivity contribution in [2.45, 2.75) is 0 Å². The number of hydrogen-bond donors (Lipinski definition) is 1. The maximum absolute atomic E-state index is 12.3. The van der Waals surface area contributed by atoms with E-state index >= 15 is 0 Å². The van der Waals surface area contributed by atoms with Crippen molar-refractivity contribution in [2.75, 3.05) is 19.5 Å². The van der Waals surface area contributed by atoms with Crippen molar-refractivity contribution in [1.82, 2.24) is 4.57 Å². The molecular formula is C14H14BrClN2O3. The molecule has 0 aliphatic carbocycles. The topological polar surface area (TPSA) is 52.5 Å². The monoisotopic (exact) mass is 372 g/mol. The van der Waals surface area contributed by atoms with E-state index in [4.69, 9.17) is 21.1 Å². The van der Waals surface area contributed by atoms with Gasteiger partial charge in [0.2, 0.25) is 0 Å². The minimum Gasteiger partial charge on any atom is -0.495 e. The Balaban J connectivity index is 2.34. The highest BCUT2D eigenvalue weighted by Gasteiger charge is 2.16. The Hall–Kier alpha value is -1.66. The smallest absolute Gasteiger partial charge is 0.272 e. The Kier molecular flexibility index (Phi) is 4.80. The summed E-state index contributed by atoms with van der Waals surface area (Å²) in [5.74, 6) is 0.661. The number of ether oxygens (including phenoxy) is 2. The van der Waals surface area contributed by atoms with Gasteiger partial charge in [-0.3, -0.25) is 4.79 Å². The molecule has 0 bridgehead atoms. The number of rotatable bonds is 4. The highest BCUT2D eigenvalue weighted by atomic mass is 79.9. The van der Waals surface area contributed by atoms with Gasteiger partial charge in [0.1, 0.15) is 17.2 Å². The number of aryl methyl sites for hydroxylation is 1. The maximum Gasteiger partial charge on any atom is 0.272 e. The first kappa shape index (κ1) is 15.7. The highest BCUT2D eigenvalue weighted by molar-refractivity contribution is 9.10. The fraction of sp³-hybridized carbons (Fsp3) is 0.214. The minimum atomic E-state index is -0.258. The number of benzene rings is 1. The van der Waals surface area contributed by atoms with Crippen LogP contribution in [0.2, 0.25) is 5.02 Å². The number of halogens is 2.